The smallest absolute Gasteiger partial charge is 0.191 e. The molecule has 0 spiro atoms. The molecule has 6 heteroatoms. The normalized spacial score (nSPS) is 20.7. The second-order valence-corrected chi connectivity index (χ2v) is 9.88. The molecule has 2 fully saturated rings. The number of nitrogens with zero attached hydrogens (tertiary/aromatic N) is 2. The third-order valence-electron chi connectivity index (χ3n) is 6.15. The molecule has 0 atom stereocenters. The summed E-state index contributed by atoms with van der Waals surface area (Å²) in [5, 5.41) is 7.34. The zero-order chi connectivity index (χ0) is 20.4. The first-order valence-corrected chi connectivity index (χ1v) is 12.0. The van der Waals surface area contributed by atoms with E-state index in [1.54, 1.807) is 7.11 Å². The number of aliphatic imine (C=N–C) groups is 1. The predicted molar refractivity (Wildman–Crippen MR) is 124 cm³/mol. The fraction of sp³-hybridized carbons (Fsp3) is 0.696. The van der Waals surface area contributed by atoms with E-state index in [-0.39, 0.29) is 4.75 Å². The zero-order valence-corrected chi connectivity index (χ0v) is 19.0. The summed E-state index contributed by atoms with van der Waals surface area (Å²) in [5.74, 6) is 0.961. The fourth-order valence-electron chi connectivity index (χ4n) is 4.44. The summed E-state index contributed by atoms with van der Waals surface area (Å²) < 4.78 is 5.45. The molecule has 29 heavy (non-hydrogen) atoms. The highest BCUT2D eigenvalue weighted by atomic mass is 32.2. The van der Waals surface area contributed by atoms with Gasteiger partial charge in [-0.15, -0.1) is 11.8 Å². The van der Waals surface area contributed by atoms with Crippen molar-refractivity contribution in [3.63, 3.8) is 0 Å². The molecule has 162 valence electrons. The van der Waals surface area contributed by atoms with E-state index in [1.807, 2.05) is 18.8 Å². The number of likely N-dealkylation sites (tertiary alicyclic amines) is 1. The first-order chi connectivity index (χ1) is 14.2. The quantitative estimate of drug-likeness (QED) is 0.363. The van der Waals surface area contributed by atoms with Gasteiger partial charge < -0.3 is 20.3 Å². The second-order valence-electron chi connectivity index (χ2n) is 8.34. The van der Waals surface area contributed by atoms with Crippen LogP contribution in [0.5, 0.6) is 0 Å². The Balaban J connectivity index is 1.45. The summed E-state index contributed by atoms with van der Waals surface area (Å²) in [4.78, 5) is 8.44. The molecule has 1 aliphatic heterocycles. The minimum absolute atomic E-state index is 0.281. The van der Waals surface area contributed by atoms with E-state index in [1.165, 1.54) is 43.4 Å². The molecule has 3 rings (SSSR count). The second kappa shape index (κ2) is 11.8. The minimum atomic E-state index is 0.281. The van der Waals surface area contributed by atoms with Gasteiger partial charge >= 0.3 is 0 Å². The maximum Gasteiger partial charge on any atom is 0.191 e. The summed E-state index contributed by atoms with van der Waals surface area (Å²) in [7, 11) is 3.67. The van der Waals surface area contributed by atoms with Gasteiger partial charge in [0, 0.05) is 62.6 Å². The Kier molecular flexibility index (Phi) is 9.15. The highest BCUT2D eigenvalue weighted by Gasteiger charge is 2.35. The van der Waals surface area contributed by atoms with E-state index in [0.717, 1.165) is 45.2 Å². The molecule has 2 N–H and O–H groups in total. The maximum absolute atomic E-state index is 5.17. The molecule has 0 unspecified atom stereocenters. The molecule has 0 aromatic heterocycles. The van der Waals surface area contributed by atoms with Crippen LogP contribution in [-0.2, 0) is 4.74 Å². The van der Waals surface area contributed by atoms with Crippen LogP contribution in [0, 0.1) is 0 Å². The summed E-state index contributed by atoms with van der Waals surface area (Å²) >= 11 is 2.04. The number of rotatable bonds is 9. The van der Waals surface area contributed by atoms with E-state index in [4.69, 9.17) is 4.74 Å². The number of guanidine groups is 1. The Hall–Kier alpha value is -1.24. The third-order valence-corrected chi connectivity index (χ3v) is 7.64. The lowest BCUT2D eigenvalue weighted by Gasteiger charge is -2.34. The van der Waals surface area contributed by atoms with Crippen molar-refractivity contribution in [1.29, 1.82) is 0 Å². The van der Waals surface area contributed by atoms with Crippen LogP contribution in [-0.4, -0.2) is 68.6 Å². The molecule has 2 aliphatic rings. The van der Waals surface area contributed by atoms with Crippen LogP contribution in [0.3, 0.4) is 0 Å². The van der Waals surface area contributed by atoms with Gasteiger partial charge in [-0.1, -0.05) is 31.0 Å². The lowest BCUT2D eigenvalue weighted by atomic mass is 10.0. The molecule has 1 aromatic carbocycles. The first kappa shape index (κ1) is 22.4. The topological polar surface area (TPSA) is 48.9 Å². The lowest BCUT2D eigenvalue weighted by Crippen LogP contribution is -2.51. The Morgan fingerprint density at radius 3 is 2.59 bits per heavy atom. The minimum Gasteiger partial charge on any atom is -0.385 e. The van der Waals surface area contributed by atoms with Crippen molar-refractivity contribution in [3.8, 4) is 0 Å². The van der Waals surface area contributed by atoms with Crippen LogP contribution in [0.1, 0.15) is 44.9 Å². The van der Waals surface area contributed by atoms with Gasteiger partial charge in [-0.3, -0.25) is 4.99 Å². The fourth-order valence-corrected chi connectivity index (χ4v) is 5.87. The van der Waals surface area contributed by atoms with Crippen LogP contribution in [0.25, 0.3) is 0 Å². The van der Waals surface area contributed by atoms with Crippen molar-refractivity contribution in [1.82, 2.24) is 15.5 Å². The Bertz CT molecular complexity index is 611. The molecular weight excluding hydrogens is 380 g/mol. The number of piperidine rings is 1. The summed E-state index contributed by atoms with van der Waals surface area (Å²) in [6, 6.07) is 11.4. The Morgan fingerprint density at radius 2 is 1.93 bits per heavy atom. The van der Waals surface area contributed by atoms with E-state index >= 15 is 0 Å². The number of methoxy groups -OCH3 is 1. The molecule has 1 aliphatic carbocycles. The monoisotopic (exact) mass is 418 g/mol. The van der Waals surface area contributed by atoms with E-state index in [9.17, 15) is 0 Å². The molecule has 0 bridgehead atoms. The van der Waals surface area contributed by atoms with E-state index in [2.05, 4.69) is 50.9 Å². The number of ether oxygens (including phenoxy) is 1. The van der Waals surface area contributed by atoms with Gasteiger partial charge in [0.05, 0.1) is 0 Å². The third kappa shape index (κ3) is 7.19. The van der Waals surface area contributed by atoms with Gasteiger partial charge in [-0.2, -0.15) is 0 Å². The summed E-state index contributed by atoms with van der Waals surface area (Å²) in [6.07, 6.45) is 8.69. The Morgan fingerprint density at radius 1 is 1.21 bits per heavy atom. The average molecular weight is 419 g/mol. The molecule has 1 saturated carbocycles. The largest absolute Gasteiger partial charge is 0.385 e. The molecule has 1 heterocycles. The molecular formula is C23H38N4OS. The SMILES string of the molecule is CN=C(NCC1(Sc2ccccc2)CCCC1)NC1CCN(CCCOC)CC1. The van der Waals surface area contributed by atoms with Crippen LogP contribution >= 0.6 is 11.8 Å². The van der Waals surface area contributed by atoms with E-state index < -0.39 is 0 Å². The van der Waals surface area contributed by atoms with Crippen molar-refractivity contribution in [2.45, 2.75) is 60.6 Å². The van der Waals surface area contributed by atoms with Gasteiger partial charge in [0.25, 0.3) is 0 Å². The van der Waals surface area contributed by atoms with Gasteiger partial charge in [0.2, 0.25) is 0 Å². The predicted octanol–water partition coefficient (Wildman–Crippen LogP) is 3.76. The van der Waals surface area contributed by atoms with Gasteiger partial charge in [-0.05, 0) is 44.2 Å². The Labute approximate surface area is 181 Å². The molecule has 0 amide bonds. The van der Waals surface area contributed by atoms with E-state index in [0.29, 0.717) is 6.04 Å². The first-order valence-electron chi connectivity index (χ1n) is 11.2. The van der Waals surface area contributed by atoms with Crippen LogP contribution in [0.15, 0.2) is 40.2 Å². The van der Waals surface area contributed by atoms with Crippen LogP contribution in [0.4, 0.5) is 0 Å². The average Bonchev–Trinajstić information content (AvgIpc) is 3.21. The van der Waals surface area contributed by atoms with Crippen LogP contribution in [0.2, 0.25) is 0 Å². The van der Waals surface area contributed by atoms with Gasteiger partial charge in [0.15, 0.2) is 5.96 Å². The van der Waals surface area contributed by atoms with Crippen molar-refractivity contribution in [3.05, 3.63) is 30.3 Å². The number of benzene rings is 1. The molecule has 1 aromatic rings. The summed E-state index contributed by atoms with van der Waals surface area (Å²) in [5.41, 5.74) is 0. The highest BCUT2D eigenvalue weighted by Crippen LogP contribution is 2.44. The summed E-state index contributed by atoms with van der Waals surface area (Å²) in [6.45, 7) is 5.30. The lowest BCUT2D eigenvalue weighted by molar-refractivity contribution is 0.155. The van der Waals surface area contributed by atoms with Gasteiger partial charge in [0.1, 0.15) is 0 Å². The molecule has 1 saturated heterocycles. The highest BCUT2D eigenvalue weighted by molar-refractivity contribution is 8.00. The molecule has 5 nitrogen and oxygen atoms in total. The number of hydrogen-bond acceptors (Lipinski definition) is 4. The number of thioether (sulfide) groups is 1. The van der Waals surface area contributed by atoms with Crippen molar-refractivity contribution in [2.24, 2.45) is 4.99 Å². The zero-order valence-electron chi connectivity index (χ0n) is 18.2. The van der Waals surface area contributed by atoms with Crippen molar-refractivity contribution >= 4 is 17.7 Å². The number of hydrogen-bond donors (Lipinski definition) is 2. The van der Waals surface area contributed by atoms with Crippen molar-refractivity contribution < 1.29 is 4.74 Å². The van der Waals surface area contributed by atoms with Gasteiger partial charge in [-0.25, -0.2) is 0 Å². The maximum atomic E-state index is 5.17. The molecule has 0 radical (unpaired) electrons. The number of nitrogens with one attached hydrogen (secondary N) is 2. The standard InChI is InChI=1S/C23H38N4OS/c1-24-22(26-20-11-16-27(17-12-20)15-8-18-28-2)25-19-23(13-6-7-14-23)29-21-9-4-3-5-10-21/h3-5,9-10,20H,6-8,11-19H2,1-2H3,(H2,24,25,26). The van der Waals surface area contributed by atoms with Crippen molar-refractivity contribution in [2.75, 3.05) is 46.9 Å². The van der Waals surface area contributed by atoms with Crippen LogP contribution < -0.4 is 10.6 Å².